The lowest BCUT2D eigenvalue weighted by Crippen LogP contribution is -2.43. The molecule has 26 heavy (non-hydrogen) atoms. The lowest BCUT2D eigenvalue weighted by molar-refractivity contribution is -0.122. The molecule has 1 aromatic carbocycles. The first-order valence-corrected chi connectivity index (χ1v) is 8.86. The molecule has 0 heterocycles. The van der Waals surface area contributed by atoms with E-state index >= 15 is 0 Å². The van der Waals surface area contributed by atoms with Crippen molar-refractivity contribution in [2.24, 2.45) is 0 Å². The predicted molar refractivity (Wildman–Crippen MR) is 101 cm³/mol. The summed E-state index contributed by atoms with van der Waals surface area (Å²) in [6, 6.07) is 5.92. The van der Waals surface area contributed by atoms with Gasteiger partial charge in [0.05, 0.1) is 19.7 Å². The number of anilines is 1. The first kappa shape index (κ1) is 21.6. The number of carbonyl (C=O) groups is 3. The van der Waals surface area contributed by atoms with Gasteiger partial charge >= 0.3 is 6.09 Å². The fraction of sp³-hybridized carbons (Fsp3) is 0.526. The standard InChI is InChI=1S/C19H29N3O4/c1-6-22(12-17(24)21-19(25)26-7-2)11-16(23)20-18-14(5)9-8-10-15(18)13(3)4/h8-10,13H,6-7,11-12H2,1-5H3,(H,20,23)(H,21,24,25). The number of rotatable bonds is 8. The Morgan fingerprint density at radius 3 is 2.35 bits per heavy atom. The van der Waals surface area contributed by atoms with Crippen LogP contribution in [0.5, 0.6) is 0 Å². The van der Waals surface area contributed by atoms with Crippen LogP contribution in [0, 0.1) is 6.92 Å². The molecule has 7 heteroatoms. The zero-order chi connectivity index (χ0) is 19.7. The summed E-state index contributed by atoms with van der Waals surface area (Å²) in [5.41, 5.74) is 2.88. The Bertz CT molecular complexity index is 644. The van der Waals surface area contributed by atoms with Gasteiger partial charge in [-0.15, -0.1) is 0 Å². The second-order valence-corrected chi connectivity index (χ2v) is 6.31. The molecule has 0 saturated carbocycles. The van der Waals surface area contributed by atoms with Crippen molar-refractivity contribution >= 4 is 23.6 Å². The summed E-state index contributed by atoms with van der Waals surface area (Å²) in [6.45, 7) is 10.3. The van der Waals surface area contributed by atoms with Gasteiger partial charge in [-0.25, -0.2) is 4.79 Å². The van der Waals surface area contributed by atoms with Crippen LogP contribution >= 0.6 is 0 Å². The molecule has 0 aromatic heterocycles. The summed E-state index contributed by atoms with van der Waals surface area (Å²) in [7, 11) is 0. The number of imide groups is 1. The average Bonchev–Trinajstić information content (AvgIpc) is 2.55. The van der Waals surface area contributed by atoms with Crippen molar-refractivity contribution in [1.29, 1.82) is 0 Å². The van der Waals surface area contributed by atoms with E-state index in [-0.39, 0.29) is 31.5 Å². The molecular weight excluding hydrogens is 334 g/mol. The van der Waals surface area contributed by atoms with Gasteiger partial charge < -0.3 is 10.1 Å². The summed E-state index contributed by atoms with van der Waals surface area (Å²) >= 11 is 0. The lowest BCUT2D eigenvalue weighted by Gasteiger charge is -2.21. The number of hydrogen-bond acceptors (Lipinski definition) is 5. The maximum absolute atomic E-state index is 12.4. The zero-order valence-corrected chi connectivity index (χ0v) is 16.2. The summed E-state index contributed by atoms with van der Waals surface area (Å²) in [4.78, 5) is 37.2. The van der Waals surface area contributed by atoms with Crippen LogP contribution in [0.4, 0.5) is 10.5 Å². The van der Waals surface area contributed by atoms with E-state index in [9.17, 15) is 14.4 Å². The molecule has 0 aliphatic carbocycles. The van der Waals surface area contributed by atoms with Crippen molar-refractivity contribution in [1.82, 2.24) is 10.2 Å². The lowest BCUT2D eigenvalue weighted by atomic mass is 9.98. The molecule has 0 atom stereocenters. The van der Waals surface area contributed by atoms with E-state index in [1.807, 2.05) is 32.0 Å². The van der Waals surface area contributed by atoms with Gasteiger partial charge in [-0.2, -0.15) is 0 Å². The highest BCUT2D eigenvalue weighted by atomic mass is 16.5. The van der Waals surface area contributed by atoms with Gasteiger partial charge in [-0.1, -0.05) is 39.0 Å². The zero-order valence-electron chi connectivity index (χ0n) is 16.2. The Balaban J connectivity index is 2.68. The molecule has 0 bridgehead atoms. The van der Waals surface area contributed by atoms with Crippen molar-refractivity contribution in [2.75, 3.05) is 31.6 Å². The second kappa shape index (κ2) is 10.6. The minimum atomic E-state index is -0.778. The molecule has 0 saturated heterocycles. The van der Waals surface area contributed by atoms with Crippen molar-refractivity contribution in [2.45, 2.75) is 40.5 Å². The van der Waals surface area contributed by atoms with Gasteiger partial charge in [0.1, 0.15) is 0 Å². The number of hydrogen-bond donors (Lipinski definition) is 2. The SMILES string of the molecule is CCOC(=O)NC(=O)CN(CC)CC(=O)Nc1c(C)cccc1C(C)C. The van der Waals surface area contributed by atoms with Crippen LogP contribution in [-0.4, -0.2) is 49.0 Å². The number of nitrogens with zero attached hydrogens (tertiary/aromatic N) is 1. The summed E-state index contributed by atoms with van der Waals surface area (Å²) in [5, 5.41) is 5.08. The van der Waals surface area contributed by atoms with Crippen molar-refractivity contribution in [3.05, 3.63) is 29.3 Å². The number of nitrogens with one attached hydrogen (secondary N) is 2. The molecule has 0 fully saturated rings. The highest BCUT2D eigenvalue weighted by molar-refractivity contribution is 5.95. The van der Waals surface area contributed by atoms with Crippen LogP contribution in [0.1, 0.15) is 44.7 Å². The molecule has 2 N–H and O–H groups in total. The molecular formula is C19H29N3O4. The number of aryl methyl sites for hydroxylation is 1. The number of alkyl carbamates (subject to hydrolysis) is 1. The summed E-state index contributed by atoms with van der Waals surface area (Å²) in [5.74, 6) is -0.424. The van der Waals surface area contributed by atoms with Gasteiger partial charge in [-0.05, 0) is 37.4 Å². The van der Waals surface area contributed by atoms with Crippen LogP contribution in [0.15, 0.2) is 18.2 Å². The third-order valence-electron chi connectivity index (χ3n) is 3.89. The average molecular weight is 363 g/mol. The smallest absolute Gasteiger partial charge is 0.413 e. The molecule has 0 aliphatic heterocycles. The summed E-state index contributed by atoms with van der Waals surface area (Å²) < 4.78 is 4.67. The third kappa shape index (κ3) is 6.84. The van der Waals surface area contributed by atoms with E-state index in [4.69, 9.17) is 0 Å². The van der Waals surface area contributed by atoms with Gasteiger partial charge in [0.25, 0.3) is 0 Å². The molecule has 0 spiro atoms. The van der Waals surface area contributed by atoms with E-state index in [1.54, 1.807) is 11.8 Å². The van der Waals surface area contributed by atoms with Crippen LogP contribution < -0.4 is 10.6 Å². The van der Waals surface area contributed by atoms with Crippen molar-refractivity contribution in [3.8, 4) is 0 Å². The van der Waals surface area contributed by atoms with Gasteiger partial charge in [0.2, 0.25) is 11.8 Å². The normalized spacial score (nSPS) is 10.7. The number of carbonyl (C=O) groups excluding carboxylic acids is 3. The minimum absolute atomic E-state index is 0.0542. The highest BCUT2D eigenvalue weighted by Gasteiger charge is 2.17. The van der Waals surface area contributed by atoms with Crippen LogP contribution in [0.3, 0.4) is 0 Å². The Morgan fingerprint density at radius 2 is 1.77 bits per heavy atom. The summed E-state index contributed by atoms with van der Waals surface area (Å²) in [6.07, 6.45) is -0.778. The van der Waals surface area contributed by atoms with Crippen molar-refractivity contribution in [3.63, 3.8) is 0 Å². The Kier molecular flexibility index (Phi) is 8.78. The molecule has 1 rings (SSSR count). The van der Waals surface area contributed by atoms with Crippen LogP contribution in [0.2, 0.25) is 0 Å². The maximum Gasteiger partial charge on any atom is 0.413 e. The third-order valence-corrected chi connectivity index (χ3v) is 3.89. The van der Waals surface area contributed by atoms with Crippen LogP contribution in [0.25, 0.3) is 0 Å². The van der Waals surface area contributed by atoms with E-state index in [0.717, 1.165) is 16.8 Å². The number of amides is 3. The molecule has 7 nitrogen and oxygen atoms in total. The van der Waals surface area contributed by atoms with Gasteiger partial charge in [-0.3, -0.25) is 19.8 Å². The second-order valence-electron chi connectivity index (χ2n) is 6.31. The monoisotopic (exact) mass is 363 g/mol. The topological polar surface area (TPSA) is 87.7 Å². The molecule has 3 amide bonds. The molecule has 0 radical (unpaired) electrons. The van der Waals surface area contributed by atoms with E-state index in [1.165, 1.54) is 0 Å². The largest absolute Gasteiger partial charge is 0.450 e. The van der Waals surface area contributed by atoms with Crippen molar-refractivity contribution < 1.29 is 19.1 Å². The fourth-order valence-corrected chi connectivity index (χ4v) is 2.53. The van der Waals surface area contributed by atoms with E-state index < -0.39 is 12.0 Å². The molecule has 0 unspecified atom stereocenters. The first-order chi connectivity index (χ1) is 12.3. The van der Waals surface area contributed by atoms with Gasteiger partial charge in [0, 0.05) is 5.69 Å². The Labute approximate surface area is 155 Å². The quantitative estimate of drug-likeness (QED) is 0.741. The molecule has 144 valence electrons. The first-order valence-electron chi connectivity index (χ1n) is 8.86. The van der Waals surface area contributed by atoms with E-state index in [0.29, 0.717) is 6.54 Å². The number of benzene rings is 1. The predicted octanol–water partition coefficient (Wildman–Crippen LogP) is 2.65. The number of ether oxygens (including phenoxy) is 1. The number of likely N-dealkylation sites (N-methyl/N-ethyl adjacent to an activating group) is 1. The van der Waals surface area contributed by atoms with Gasteiger partial charge in [0.15, 0.2) is 0 Å². The van der Waals surface area contributed by atoms with Crippen LogP contribution in [-0.2, 0) is 14.3 Å². The maximum atomic E-state index is 12.4. The van der Waals surface area contributed by atoms with E-state index in [2.05, 4.69) is 29.2 Å². The Hall–Kier alpha value is -2.41. The highest BCUT2D eigenvalue weighted by Crippen LogP contribution is 2.27. The fourth-order valence-electron chi connectivity index (χ4n) is 2.53. The number of para-hydroxylation sites is 1. The molecule has 0 aliphatic rings. The minimum Gasteiger partial charge on any atom is -0.450 e. The Morgan fingerprint density at radius 1 is 1.12 bits per heavy atom. The molecule has 1 aromatic rings.